The summed E-state index contributed by atoms with van der Waals surface area (Å²) in [6.07, 6.45) is 0. The third-order valence-electron chi connectivity index (χ3n) is 2.19. The van der Waals surface area contributed by atoms with E-state index in [2.05, 4.69) is 10.2 Å². The topological polar surface area (TPSA) is 72.3 Å². The van der Waals surface area contributed by atoms with Crippen LogP contribution in [-0.2, 0) is 0 Å². The van der Waals surface area contributed by atoms with Gasteiger partial charge in [0.05, 0.1) is 12.2 Å². The second-order valence-electron chi connectivity index (χ2n) is 3.61. The Morgan fingerprint density at radius 1 is 1.37 bits per heavy atom. The van der Waals surface area contributed by atoms with Crippen molar-refractivity contribution in [3.63, 3.8) is 0 Å². The van der Waals surface area contributed by atoms with E-state index in [0.717, 1.165) is 15.1 Å². The van der Waals surface area contributed by atoms with Gasteiger partial charge in [-0.3, -0.25) is 0 Å². The van der Waals surface area contributed by atoms with Crippen LogP contribution in [0.4, 0.5) is 0 Å². The quantitative estimate of drug-likeness (QED) is 0.652. The molecule has 0 aliphatic rings. The molecule has 0 unspecified atom stereocenters. The van der Waals surface area contributed by atoms with Crippen molar-refractivity contribution in [2.24, 2.45) is 0 Å². The van der Waals surface area contributed by atoms with Crippen LogP contribution < -0.4 is 4.74 Å². The van der Waals surface area contributed by atoms with Crippen molar-refractivity contribution < 1.29 is 14.6 Å². The summed E-state index contributed by atoms with van der Waals surface area (Å²) < 4.78 is 6.44. The predicted molar refractivity (Wildman–Crippen MR) is 74.3 cm³/mol. The van der Waals surface area contributed by atoms with Crippen LogP contribution in [0.15, 0.2) is 28.6 Å². The number of aryl methyl sites for hydroxylation is 1. The Morgan fingerprint density at radius 2 is 2.11 bits per heavy atom. The van der Waals surface area contributed by atoms with Crippen molar-refractivity contribution in [2.75, 3.05) is 12.4 Å². The van der Waals surface area contributed by atoms with Gasteiger partial charge in [-0.15, -0.1) is 10.2 Å². The summed E-state index contributed by atoms with van der Waals surface area (Å²) in [5.74, 6) is 0.503. The fourth-order valence-electron chi connectivity index (χ4n) is 1.32. The van der Waals surface area contributed by atoms with Gasteiger partial charge in [0.2, 0.25) is 0 Å². The van der Waals surface area contributed by atoms with Gasteiger partial charge in [0.15, 0.2) is 4.34 Å². The van der Waals surface area contributed by atoms with Crippen LogP contribution in [0, 0.1) is 6.92 Å². The largest absolute Gasteiger partial charge is 0.493 e. The maximum Gasteiger partial charge on any atom is 0.335 e. The van der Waals surface area contributed by atoms with Gasteiger partial charge >= 0.3 is 5.97 Å². The highest BCUT2D eigenvalue weighted by atomic mass is 32.2. The number of carboxylic acid groups (broad SMARTS) is 1. The number of aromatic carboxylic acids is 1. The van der Waals surface area contributed by atoms with Gasteiger partial charge < -0.3 is 9.84 Å². The van der Waals surface area contributed by atoms with Crippen molar-refractivity contribution in [1.82, 2.24) is 10.2 Å². The third kappa shape index (κ3) is 4.22. The number of carboxylic acids is 1. The number of carbonyl (C=O) groups is 1. The molecule has 0 saturated heterocycles. The Hall–Kier alpha value is -1.60. The maximum absolute atomic E-state index is 10.7. The lowest BCUT2D eigenvalue weighted by Gasteiger charge is -2.05. The summed E-state index contributed by atoms with van der Waals surface area (Å²) in [6, 6.07) is 6.37. The zero-order valence-corrected chi connectivity index (χ0v) is 11.8. The fraction of sp³-hybridized carbons (Fsp3) is 0.250. The van der Waals surface area contributed by atoms with Crippen LogP contribution in [0.25, 0.3) is 0 Å². The molecular weight excluding hydrogens is 284 g/mol. The molecule has 0 aliphatic heterocycles. The van der Waals surface area contributed by atoms with Gasteiger partial charge in [0.25, 0.3) is 0 Å². The van der Waals surface area contributed by atoms with E-state index in [1.807, 2.05) is 6.92 Å². The smallest absolute Gasteiger partial charge is 0.335 e. The molecule has 0 atom stereocenters. The van der Waals surface area contributed by atoms with Gasteiger partial charge in [0, 0.05) is 5.75 Å². The lowest BCUT2D eigenvalue weighted by Crippen LogP contribution is -2.01. The first-order chi connectivity index (χ1) is 9.15. The average Bonchev–Trinajstić information content (AvgIpc) is 2.81. The molecule has 0 fully saturated rings. The zero-order valence-electron chi connectivity index (χ0n) is 10.2. The van der Waals surface area contributed by atoms with Crippen molar-refractivity contribution >= 4 is 29.1 Å². The van der Waals surface area contributed by atoms with Crippen molar-refractivity contribution in [2.45, 2.75) is 11.3 Å². The molecule has 19 heavy (non-hydrogen) atoms. The third-order valence-corrected chi connectivity index (χ3v) is 4.12. The Balaban J connectivity index is 1.75. The van der Waals surface area contributed by atoms with Gasteiger partial charge in [-0.1, -0.05) is 23.1 Å². The lowest BCUT2D eigenvalue weighted by atomic mass is 10.2. The average molecular weight is 296 g/mol. The van der Waals surface area contributed by atoms with Crippen molar-refractivity contribution in [3.8, 4) is 5.75 Å². The predicted octanol–water partition coefficient (Wildman–Crippen LogP) is 2.72. The van der Waals surface area contributed by atoms with Gasteiger partial charge in [0.1, 0.15) is 10.8 Å². The van der Waals surface area contributed by atoms with E-state index < -0.39 is 5.97 Å². The molecular formula is C12H12N2O3S2. The van der Waals surface area contributed by atoms with Gasteiger partial charge in [-0.25, -0.2) is 4.79 Å². The Kier molecular flexibility index (Phi) is 4.75. The maximum atomic E-state index is 10.7. The Labute approximate surface area is 118 Å². The van der Waals surface area contributed by atoms with E-state index in [4.69, 9.17) is 9.84 Å². The molecule has 0 aliphatic carbocycles. The molecule has 0 amide bonds. The zero-order chi connectivity index (χ0) is 13.7. The second-order valence-corrected chi connectivity index (χ2v) is 6.14. The normalized spacial score (nSPS) is 10.4. The highest BCUT2D eigenvalue weighted by Crippen LogP contribution is 2.21. The molecule has 5 nitrogen and oxygen atoms in total. The highest BCUT2D eigenvalue weighted by molar-refractivity contribution is 8.01. The lowest BCUT2D eigenvalue weighted by molar-refractivity contribution is 0.0697. The van der Waals surface area contributed by atoms with E-state index in [9.17, 15) is 4.79 Å². The first kappa shape index (κ1) is 13.8. The number of aromatic nitrogens is 2. The summed E-state index contributed by atoms with van der Waals surface area (Å²) in [5, 5.41) is 17.6. The second kappa shape index (κ2) is 6.53. The van der Waals surface area contributed by atoms with E-state index >= 15 is 0 Å². The molecule has 2 rings (SSSR count). The van der Waals surface area contributed by atoms with Gasteiger partial charge in [-0.2, -0.15) is 0 Å². The summed E-state index contributed by atoms with van der Waals surface area (Å²) in [4.78, 5) is 10.7. The van der Waals surface area contributed by atoms with Crippen LogP contribution >= 0.6 is 23.1 Å². The highest BCUT2D eigenvalue weighted by Gasteiger charge is 2.03. The first-order valence-corrected chi connectivity index (χ1v) is 7.34. The minimum Gasteiger partial charge on any atom is -0.493 e. The molecule has 1 heterocycles. The number of nitrogens with zero attached hydrogens (tertiary/aromatic N) is 2. The standard InChI is InChI=1S/C12H12N2O3S2/c1-8-13-14-12(19-8)18-7-6-17-10-4-2-9(3-5-10)11(15)16/h2-5H,6-7H2,1H3,(H,15,16). The number of thioether (sulfide) groups is 1. The number of ether oxygens (including phenoxy) is 1. The van der Waals surface area contributed by atoms with E-state index in [1.165, 1.54) is 12.1 Å². The SMILES string of the molecule is Cc1nnc(SCCOc2ccc(C(=O)O)cc2)s1. The summed E-state index contributed by atoms with van der Waals surface area (Å²) >= 11 is 3.15. The molecule has 0 saturated carbocycles. The Morgan fingerprint density at radius 3 is 2.68 bits per heavy atom. The molecule has 1 N–H and O–H groups in total. The van der Waals surface area contributed by atoms with Crippen LogP contribution in [-0.4, -0.2) is 33.6 Å². The number of rotatable bonds is 6. The van der Waals surface area contributed by atoms with Crippen LogP contribution in [0.5, 0.6) is 5.75 Å². The van der Waals surface area contributed by atoms with Crippen LogP contribution in [0.2, 0.25) is 0 Å². The van der Waals surface area contributed by atoms with Crippen LogP contribution in [0.3, 0.4) is 0 Å². The first-order valence-electron chi connectivity index (χ1n) is 5.54. The molecule has 2 aromatic rings. The molecule has 0 bridgehead atoms. The van der Waals surface area contributed by atoms with Crippen molar-refractivity contribution in [1.29, 1.82) is 0 Å². The Bertz CT molecular complexity index is 554. The van der Waals surface area contributed by atoms with E-state index in [-0.39, 0.29) is 5.56 Å². The summed E-state index contributed by atoms with van der Waals surface area (Å²) in [7, 11) is 0. The van der Waals surface area contributed by atoms with E-state index in [0.29, 0.717) is 12.4 Å². The molecule has 0 radical (unpaired) electrons. The van der Waals surface area contributed by atoms with Crippen LogP contribution in [0.1, 0.15) is 15.4 Å². The monoisotopic (exact) mass is 296 g/mol. The molecule has 100 valence electrons. The molecule has 0 spiro atoms. The number of benzene rings is 1. The molecule has 1 aromatic heterocycles. The van der Waals surface area contributed by atoms with Gasteiger partial charge in [-0.05, 0) is 31.2 Å². The summed E-state index contributed by atoms with van der Waals surface area (Å²) in [5.41, 5.74) is 0.256. The fourth-order valence-corrected chi connectivity index (χ4v) is 3.02. The van der Waals surface area contributed by atoms with E-state index in [1.54, 1.807) is 35.2 Å². The molecule has 1 aromatic carbocycles. The summed E-state index contributed by atoms with van der Waals surface area (Å²) in [6.45, 7) is 2.46. The minimum absolute atomic E-state index is 0.256. The minimum atomic E-state index is -0.936. The number of hydrogen-bond donors (Lipinski definition) is 1. The van der Waals surface area contributed by atoms with Crippen molar-refractivity contribution in [3.05, 3.63) is 34.8 Å². The molecule has 7 heteroatoms. The number of hydrogen-bond acceptors (Lipinski definition) is 6.